The van der Waals surface area contributed by atoms with E-state index in [1.165, 1.54) is 5.56 Å². The number of hydrogen-bond acceptors (Lipinski definition) is 1. The SMILES string of the molecule is CC(Cl)CCc1cccc(OC(C)C)c1. The third-order valence-electron chi connectivity index (χ3n) is 2.10. The summed E-state index contributed by atoms with van der Waals surface area (Å²) in [5.41, 5.74) is 1.29. The van der Waals surface area contributed by atoms with Gasteiger partial charge in [0.15, 0.2) is 0 Å². The topological polar surface area (TPSA) is 9.23 Å². The summed E-state index contributed by atoms with van der Waals surface area (Å²) in [6.07, 6.45) is 2.25. The Morgan fingerprint density at radius 2 is 2.00 bits per heavy atom. The summed E-state index contributed by atoms with van der Waals surface area (Å²) in [5.74, 6) is 0.949. The molecule has 0 fully saturated rings. The molecule has 0 bridgehead atoms. The van der Waals surface area contributed by atoms with E-state index < -0.39 is 0 Å². The fourth-order valence-corrected chi connectivity index (χ4v) is 1.52. The van der Waals surface area contributed by atoms with Crippen molar-refractivity contribution >= 4 is 11.6 Å². The number of aryl methyl sites for hydroxylation is 1. The lowest BCUT2D eigenvalue weighted by molar-refractivity contribution is 0.242. The molecule has 0 radical (unpaired) electrons. The molecule has 0 amide bonds. The Morgan fingerprint density at radius 1 is 1.27 bits per heavy atom. The maximum atomic E-state index is 5.92. The third kappa shape index (κ3) is 5.08. The van der Waals surface area contributed by atoms with E-state index in [0.29, 0.717) is 0 Å². The Hall–Kier alpha value is -0.690. The van der Waals surface area contributed by atoms with Gasteiger partial charge in [-0.2, -0.15) is 0 Å². The van der Waals surface area contributed by atoms with Crippen LogP contribution in [0.15, 0.2) is 24.3 Å². The molecular weight excluding hydrogens is 208 g/mol. The molecule has 0 spiro atoms. The van der Waals surface area contributed by atoms with Gasteiger partial charge in [-0.25, -0.2) is 0 Å². The standard InChI is InChI=1S/C13H19ClO/c1-10(2)15-13-6-4-5-12(9-13)8-7-11(3)14/h4-6,9-11H,7-8H2,1-3H3. The van der Waals surface area contributed by atoms with E-state index in [4.69, 9.17) is 16.3 Å². The van der Waals surface area contributed by atoms with E-state index in [1.54, 1.807) is 0 Å². The van der Waals surface area contributed by atoms with Gasteiger partial charge < -0.3 is 4.74 Å². The molecule has 0 aliphatic rings. The molecule has 1 atom stereocenters. The van der Waals surface area contributed by atoms with E-state index in [1.807, 2.05) is 32.9 Å². The summed E-state index contributed by atoms with van der Waals surface area (Å²) < 4.78 is 5.63. The minimum Gasteiger partial charge on any atom is -0.491 e. The molecule has 0 N–H and O–H groups in total. The van der Waals surface area contributed by atoms with Gasteiger partial charge in [0.05, 0.1) is 6.10 Å². The molecule has 0 aromatic heterocycles. The third-order valence-corrected chi connectivity index (χ3v) is 2.32. The summed E-state index contributed by atoms with van der Waals surface area (Å²) in [6.45, 7) is 6.09. The van der Waals surface area contributed by atoms with Gasteiger partial charge in [0.25, 0.3) is 0 Å². The summed E-state index contributed by atoms with van der Waals surface area (Å²) >= 11 is 5.92. The van der Waals surface area contributed by atoms with Crippen molar-refractivity contribution < 1.29 is 4.74 Å². The molecule has 84 valence electrons. The Balaban J connectivity index is 2.57. The molecule has 0 aliphatic heterocycles. The molecule has 1 unspecified atom stereocenters. The largest absolute Gasteiger partial charge is 0.491 e. The van der Waals surface area contributed by atoms with Crippen molar-refractivity contribution in [3.8, 4) is 5.75 Å². The zero-order chi connectivity index (χ0) is 11.3. The Bertz CT molecular complexity index is 294. The van der Waals surface area contributed by atoms with Crippen molar-refractivity contribution in [2.24, 2.45) is 0 Å². The Morgan fingerprint density at radius 3 is 2.60 bits per heavy atom. The number of alkyl halides is 1. The Kier molecular flexibility index (Phi) is 4.97. The summed E-state index contributed by atoms with van der Waals surface area (Å²) in [6, 6.07) is 8.24. The van der Waals surface area contributed by atoms with Gasteiger partial charge in [0.1, 0.15) is 5.75 Å². The van der Waals surface area contributed by atoms with Crippen molar-refractivity contribution in [1.82, 2.24) is 0 Å². The maximum Gasteiger partial charge on any atom is 0.119 e. The van der Waals surface area contributed by atoms with Crippen molar-refractivity contribution in [3.05, 3.63) is 29.8 Å². The second kappa shape index (κ2) is 6.02. The van der Waals surface area contributed by atoms with Crippen LogP contribution in [0.2, 0.25) is 0 Å². The zero-order valence-corrected chi connectivity index (χ0v) is 10.4. The average Bonchev–Trinajstić information content (AvgIpc) is 2.14. The zero-order valence-electron chi connectivity index (χ0n) is 9.66. The van der Waals surface area contributed by atoms with Crippen LogP contribution in [-0.2, 0) is 6.42 Å². The van der Waals surface area contributed by atoms with Gasteiger partial charge in [-0.15, -0.1) is 11.6 Å². The van der Waals surface area contributed by atoms with Gasteiger partial charge in [0, 0.05) is 5.38 Å². The van der Waals surface area contributed by atoms with E-state index in [0.717, 1.165) is 18.6 Å². The van der Waals surface area contributed by atoms with Crippen LogP contribution >= 0.6 is 11.6 Å². The van der Waals surface area contributed by atoms with Crippen molar-refractivity contribution in [1.29, 1.82) is 0 Å². The molecular formula is C13H19ClO. The average molecular weight is 227 g/mol. The van der Waals surface area contributed by atoms with Gasteiger partial charge >= 0.3 is 0 Å². The number of hydrogen-bond donors (Lipinski definition) is 0. The maximum absolute atomic E-state index is 5.92. The van der Waals surface area contributed by atoms with Gasteiger partial charge in [-0.3, -0.25) is 0 Å². The first-order valence-corrected chi connectivity index (χ1v) is 5.91. The van der Waals surface area contributed by atoms with E-state index in [9.17, 15) is 0 Å². The first-order chi connectivity index (χ1) is 7.08. The van der Waals surface area contributed by atoms with Crippen molar-refractivity contribution in [3.63, 3.8) is 0 Å². The minimum atomic E-state index is 0.229. The predicted octanol–water partition coefficient (Wildman–Crippen LogP) is 4.03. The smallest absolute Gasteiger partial charge is 0.119 e. The van der Waals surface area contributed by atoms with Crippen LogP contribution in [0.1, 0.15) is 32.8 Å². The first kappa shape index (κ1) is 12.4. The minimum absolute atomic E-state index is 0.229. The van der Waals surface area contributed by atoms with Crippen LogP contribution in [0.5, 0.6) is 5.75 Å². The molecule has 2 heteroatoms. The van der Waals surface area contributed by atoms with Gasteiger partial charge in [0.2, 0.25) is 0 Å². The van der Waals surface area contributed by atoms with Crippen molar-refractivity contribution in [2.75, 3.05) is 0 Å². The van der Waals surface area contributed by atoms with Crippen LogP contribution in [-0.4, -0.2) is 11.5 Å². The highest BCUT2D eigenvalue weighted by Gasteiger charge is 2.01. The number of ether oxygens (including phenoxy) is 1. The highest BCUT2D eigenvalue weighted by molar-refractivity contribution is 6.20. The number of halogens is 1. The van der Waals surface area contributed by atoms with Crippen LogP contribution in [0.3, 0.4) is 0 Å². The first-order valence-electron chi connectivity index (χ1n) is 5.47. The molecule has 1 aromatic carbocycles. The summed E-state index contributed by atoms with van der Waals surface area (Å²) in [4.78, 5) is 0. The predicted molar refractivity (Wildman–Crippen MR) is 65.8 cm³/mol. The number of rotatable bonds is 5. The van der Waals surface area contributed by atoms with E-state index in [2.05, 4.69) is 12.1 Å². The molecule has 0 saturated carbocycles. The molecule has 0 heterocycles. The normalized spacial score (nSPS) is 12.9. The van der Waals surface area contributed by atoms with Crippen LogP contribution in [0.4, 0.5) is 0 Å². The monoisotopic (exact) mass is 226 g/mol. The summed E-state index contributed by atoms with van der Waals surface area (Å²) in [5, 5.41) is 0.236. The quantitative estimate of drug-likeness (QED) is 0.689. The van der Waals surface area contributed by atoms with E-state index >= 15 is 0 Å². The lowest BCUT2D eigenvalue weighted by Crippen LogP contribution is -2.05. The molecule has 1 nitrogen and oxygen atoms in total. The molecule has 0 saturated heterocycles. The second-order valence-electron chi connectivity index (χ2n) is 4.13. The molecule has 0 aliphatic carbocycles. The second-order valence-corrected chi connectivity index (χ2v) is 4.88. The van der Waals surface area contributed by atoms with E-state index in [-0.39, 0.29) is 11.5 Å². The van der Waals surface area contributed by atoms with Gasteiger partial charge in [-0.1, -0.05) is 12.1 Å². The fourth-order valence-electron chi connectivity index (χ4n) is 1.41. The van der Waals surface area contributed by atoms with Crippen LogP contribution in [0, 0.1) is 0 Å². The summed E-state index contributed by atoms with van der Waals surface area (Å²) in [7, 11) is 0. The lowest BCUT2D eigenvalue weighted by atomic mass is 10.1. The Labute approximate surface area is 97.4 Å². The lowest BCUT2D eigenvalue weighted by Gasteiger charge is -2.11. The highest BCUT2D eigenvalue weighted by atomic mass is 35.5. The molecule has 15 heavy (non-hydrogen) atoms. The van der Waals surface area contributed by atoms with Gasteiger partial charge in [-0.05, 0) is 51.3 Å². The van der Waals surface area contributed by atoms with Crippen molar-refractivity contribution in [2.45, 2.75) is 45.1 Å². The van der Waals surface area contributed by atoms with Crippen LogP contribution in [0.25, 0.3) is 0 Å². The fraction of sp³-hybridized carbons (Fsp3) is 0.538. The van der Waals surface area contributed by atoms with Crippen LogP contribution < -0.4 is 4.74 Å². The highest BCUT2D eigenvalue weighted by Crippen LogP contribution is 2.17. The molecule has 1 aromatic rings. The number of benzene rings is 1. The molecule has 1 rings (SSSR count).